The van der Waals surface area contributed by atoms with Crippen LogP contribution in [0.4, 0.5) is 0 Å². The molecule has 1 fully saturated rings. The van der Waals surface area contributed by atoms with Crippen LogP contribution in [0.2, 0.25) is 0 Å². The monoisotopic (exact) mass is 304 g/mol. The molecule has 1 aliphatic rings. The fourth-order valence-corrected chi connectivity index (χ4v) is 2.58. The van der Waals surface area contributed by atoms with Crippen molar-refractivity contribution < 1.29 is 9.59 Å². The highest BCUT2D eigenvalue weighted by atomic mass is 16.2. The zero-order valence-corrected chi connectivity index (χ0v) is 13.0. The highest BCUT2D eigenvalue weighted by Crippen LogP contribution is 2.10. The van der Waals surface area contributed by atoms with Crippen molar-refractivity contribution in [1.29, 1.82) is 0 Å². The number of nitrogens with two attached hydrogens (primary N) is 1. The summed E-state index contributed by atoms with van der Waals surface area (Å²) >= 11 is 0. The van der Waals surface area contributed by atoms with E-state index in [2.05, 4.69) is 10.2 Å². The molecule has 2 amide bonds. The molecular formula is C16H24N4O2. The van der Waals surface area contributed by atoms with Crippen molar-refractivity contribution in [1.82, 2.24) is 15.1 Å². The maximum atomic E-state index is 12.5. The van der Waals surface area contributed by atoms with Crippen molar-refractivity contribution in [3.05, 3.63) is 35.4 Å². The molecule has 6 nitrogen and oxygen atoms in total. The molecule has 0 spiro atoms. The lowest BCUT2D eigenvalue weighted by molar-refractivity contribution is -0.119. The van der Waals surface area contributed by atoms with Gasteiger partial charge in [-0.3, -0.25) is 14.5 Å². The smallest absolute Gasteiger partial charge is 0.253 e. The van der Waals surface area contributed by atoms with Gasteiger partial charge in [0.05, 0.1) is 0 Å². The number of hydrogen-bond acceptors (Lipinski definition) is 4. The number of carbonyl (C=O) groups is 2. The summed E-state index contributed by atoms with van der Waals surface area (Å²) in [6.45, 7) is 6.54. The zero-order chi connectivity index (χ0) is 15.9. The number of rotatable bonds is 5. The SMILES string of the molecule is CC(=O)NCCN1CCN(C(=O)c2cccc(CN)c2)CC1. The molecule has 0 radical (unpaired) electrons. The molecule has 1 aromatic rings. The van der Waals surface area contributed by atoms with Crippen LogP contribution in [0.1, 0.15) is 22.8 Å². The molecule has 1 aromatic carbocycles. The third-order valence-corrected chi connectivity index (χ3v) is 3.87. The quantitative estimate of drug-likeness (QED) is 0.805. The molecule has 120 valence electrons. The molecule has 1 saturated heterocycles. The van der Waals surface area contributed by atoms with Gasteiger partial charge < -0.3 is 16.0 Å². The summed E-state index contributed by atoms with van der Waals surface area (Å²) in [5.41, 5.74) is 7.30. The molecule has 0 aliphatic carbocycles. The van der Waals surface area contributed by atoms with Gasteiger partial charge in [0.1, 0.15) is 0 Å². The predicted octanol–water partition coefficient (Wildman–Crippen LogP) is 0.0392. The Labute approximate surface area is 131 Å². The van der Waals surface area contributed by atoms with E-state index in [1.807, 2.05) is 29.2 Å². The van der Waals surface area contributed by atoms with Crippen molar-refractivity contribution in [2.45, 2.75) is 13.5 Å². The van der Waals surface area contributed by atoms with Crippen LogP contribution < -0.4 is 11.1 Å². The second-order valence-corrected chi connectivity index (χ2v) is 5.52. The molecule has 0 atom stereocenters. The Balaban J connectivity index is 1.83. The summed E-state index contributed by atoms with van der Waals surface area (Å²) in [5.74, 6) is 0.0606. The number of nitrogens with one attached hydrogen (secondary N) is 1. The van der Waals surface area contributed by atoms with Gasteiger partial charge in [-0.05, 0) is 17.7 Å². The Bertz CT molecular complexity index is 525. The Hall–Kier alpha value is -1.92. The van der Waals surface area contributed by atoms with Crippen LogP contribution in [-0.2, 0) is 11.3 Å². The van der Waals surface area contributed by atoms with Gasteiger partial charge in [0, 0.05) is 58.3 Å². The number of hydrogen-bond donors (Lipinski definition) is 2. The van der Waals surface area contributed by atoms with Crippen molar-refractivity contribution in [2.75, 3.05) is 39.3 Å². The van der Waals surface area contributed by atoms with Gasteiger partial charge in [0.25, 0.3) is 5.91 Å². The van der Waals surface area contributed by atoms with Crippen LogP contribution in [0, 0.1) is 0 Å². The number of piperazine rings is 1. The highest BCUT2D eigenvalue weighted by Gasteiger charge is 2.21. The van der Waals surface area contributed by atoms with E-state index >= 15 is 0 Å². The van der Waals surface area contributed by atoms with E-state index in [1.165, 1.54) is 6.92 Å². The van der Waals surface area contributed by atoms with Crippen LogP contribution >= 0.6 is 0 Å². The lowest BCUT2D eigenvalue weighted by Crippen LogP contribution is -2.50. The summed E-state index contributed by atoms with van der Waals surface area (Å²) in [4.78, 5) is 27.5. The summed E-state index contributed by atoms with van der Waals surface area (Å²) in [5, 5.41) is 2.79. The van der Waals surface area contributed by atoms with E-state index in [-0.39, 0.29) is 11.8 Å². The Morgan fingerprint density at radius 1 is 1.23 bits per heavy atom. The van der Waals surface area contributed by atoms with E-state index in [0.29, 0.717) is 31.7 Å². The molecule has 3 N–H and O–H groups in total. The maximum Gasteiger partial charge on any atom is 0.253 e. The molecule has 22 heavy (non-hydrogen) atoms. The van der Waals surface area contributed by atoms with E-state index in [9.17, 15) is 9.59 Å². The second-order valence-electron chi connectivity index (χ2n) is 5.52. The second kappa shape index (κ2) is 7.91. The maximum absolute atomic E-state index is 12.5. The van der Waals surface area contributed by atoms with Gasteiger partial charge in [-0.1, -0.05) is 12.1 Å². The van der Waals surface area contributed by atoms with Crippen LogP contribution in [0.15, 0.2) is 24.3 Å². The predicted molar refractivity (Wildman–Crippen MR) is 85.4 cm³/mol. The molecule has 6 heteroatoms. The van der Waals surface area contributed by atoms with E-state index in [1.54, 1.807) is 0 Å². The number of nitrogens with zero attached hydrogens (tertiary/aromatic N) is 2. The summed E-state index contributed by atoms with van der Waals surface area (Å²) in [7, 11) is 0. The zero-order valence-electron chi connectivity index (χ0n) is 13.0. The van der Waals surface area contributed by atoms with Crippen LogP contribution in [0.5, 0.6) is 0 Å². The number of benzene rings is 1. The summed E-state index contributed by atoms with van der Waals surface area (Å²) in [6.07, 6.45) is 0. The average molecular weight is 304 g/mol. The van der Waals surface area contributed by atoms with E-state index in [0.717, 1.165) is 25.2 Å². The van der Waals surface area contributed by atoms with Crippen molar-refractivity contribution >= 4 is 11.8 Å². The minimum atomic E-state index is -0.00593. The lowest BCUT2D eigenvalue weighted by atomic mass is 10.1. The molecule has 2 rings (SSSR count). The van der Waals surface area contributed by atoms with E-state index in [4.69, 9.17) is 5.73 Å². The first-order valence-corrected chi connectivity index (χ1v) is 7.65. The minimum Gasteiger partial charge on any atom is -0.355 e. The lowest BCUT2D eigenvalue weighted by Gasteiger charge is -2.34. The molecule has 0 aromatic heterocycles. The number of amides is 2. The van der Waals surface area contributed by atoms with Gasteiger partial charge in [-0.2, -0.15) is 0 Å². The normalized spacial score (nSPS) is 15.6. The van der Waals surface area contributed by atoms with Crippen LogP contribution in [0.3, 0.4) is 0 Å². The first kappa shape index (κ1) is 16.5. The third-order valence-electron chi connectivity index (χ3n) is 3.87. The first-order valence-electron chi connectivity index (χ1n) is 7.65. The van der Waals surface area contributed by atoms with Gasteiger partial charge in [-0.25, -0.2) is 0 Å². The molecule has 0 unspecified atom stereocenters. The number of carbonyl (C=O) groups excluding carboxylic acids is 2. The van der Waals surface area contributed by atoms with Crippen molar-refractivity contribution in [3.63, 3.8) is 0 Å². The van der Waals surface area contributed by atoms with E-state index < -0.39 is 0 Å². The molecular weight excluding hydrogens is 280 g/mol. The topological polar surface area (TPSA) is 78.7 Å². The molecule has 1 aliphatic heterocycles. The van der Waals surface area contributed by atoms with Gasteiger partial charge in [-0.15, -0.1) is 0 Å². The fourth-order valence-electron chi connectivity index (χ4n) is 2.58. The highest BCUT2D eigenvalue weighted by molar-refractivity contribution is 5.94. The van der Waals surface area contributed by atoms with Gasteiger partial charge >= 0.3 is 0 Å². The third kappa shape index (κ3) is 4.54. The Kier molecular flexibility index (Phi) is 5.91. The largest absolute Gasteiger partial charge is 0.355 e. The average Bonchev–Trinajstić information content (AvgIpc) is 2.54. The van der Waals surface area contributed by atoms with Gasteiger partial charge in [0.15, 0.2) is 0 Å². The van der Waals surface area contributed by atoms with Crippen LogP contribution in [0.25, 0.3) is 0 Å². The summed E-state index contributed by atoms with van der Waals surface area (Å²) in [6, 6.07) is 7.51. The Morgan fingerprint density at radius 2 is 1.95 bits per heavy atom. The molecule has 0 saturated carbocycles. The van der Waals surface area contributed by atoms with Crippen molar-refractivity contribution in [3.8, 4) is 0 Å². The summed E-state index contributed by atoms with van der Waals surface area (Å²) < 4.78 is 0. The minimum absolute atomic E-state index is 0.00593. The molecule has 0 bridgehead atoms. The Morgan fingerprint density at radius 3 is 2.59 bits per heavy atom. The molecule has 1 heterocycles. The van der Waals surface area contributed by atoms with Crippen LogP contribution in [-0.4, -0.2) is 60.9 Å². The first-order chi connectivity index (χ1) is 10.6. The standard InChI is InChI=1S/C16H24N4O2/c1-13(21)18-5-6-19-7-9-20(10-8-19)16(22)15-4-2-3-14(11-15)12-17/h2-4,11H,5-10,12,17H2,1H3,(H,18,21). The van der Waals surface area contributed by atoms with Gasteiger partial charge in [0.2, 0.25) is 5.91 Å². The fraction of sp³-hybridized carbons (Fsp3) is 0.500. The van der Waals surface area contributed by atoms with Crippen molar-refractivity contribution in [2.24, 2.45) is 5.73 Å².